The van der Waals surface area contributed by atoms with Crippen LogP contribution in [0.25, 0.3) is 0 Å². The number of rotatable bonds is 3. The van der Waals surface area contributed by atoms with Gasteiger partial charge in [0.15, 0.2) is 0 Å². The molecule has 0 N–H and O–H groups in total. The maximum absolute atomic E-state index is 12.3. The molecule has 0 radical (unpaired) electrons. The Morgan fingerprint density at radius 3 is 2.83 bits per heavy atom. The van der Waals surface area contributed by atoms with Gasteiger partial charge < -0.3 is 9.80 Å². The fourth-order valence-corrected chi connectivity index (χ4v) is 4.32. The standard InChI is InChI=1S/C12H16Br2N2OS/c1-15-4-3-8(6-15)7-16(2)12(17)10-5-9(13)11(14)18-10/h5,8H,3-4,6-7H2,1-2H3. The number of likely N-dealkylation sites (tertiary alicyclic amines) is 1. The van der Waals surface area contributed by atoms with Gasteiger partial charge in [0, 0.05) is 24.6 Å². The molecule has 1 amide bonds. The van der Waals surface area contributed by atoms with Crippen molar-refractivity contribution in [2.45, 2.75) is 6.42 Å². The summed E-state index contributed by atoms with van der Waals surface area (Å²) in [7, 11) is 4.03. The molecule has 3 nitrogen and oxygen atoms in total. The van der Waals surface area contributed by atoms with Gasteiger partial charge in [0.2, 0.25) is 0 Å². The number of hydrogen-bond acceptors (Lipinski definition) is 3. The summed E-state index contributed by atoms with van der Waals surface area (Å²) in [6, 6.07) is 1.88. The molecule has 1 atom stereocenters. The zero-order valence-corrected chi connectivity index (χ0v) is 14.4. The molecule has 1 fully saturated rings. The smallest absolute Gasteiger partial charge is 0.263 e. The molecule has 0 aliphatic carbocycles. The number of hydrogen-bond donors (Lipinski definition) is 0. The van der Waals surface area contributed by atoms with Crippen LogP contribution in [0.4, 0.5) is 0 Å². The molecule has 0 saturated carbocycles. The third-order valence-electron chi connectivity index (χ3n) is 3.22. The van der Waals surface area contributed by atoms with Crippen molar-refractivity contribution in [1.82, 2.24) is 9.80 Å². The monoisotopic (exact) mass is 394 g/mol. The van der Waals surface area contributed by atoms with E-state index in [9.17, 15) is 4.79 Å². The van der Waals surface area contributed by atoms with Crippen LogP contribution in [0.3, 0.4) is 0 Å². The highest BCUT2D eigenvalue weighted by Gasteiger charge is 2.24. The molecule has 1 aliphatic heterocycles. The van der Waals surface area contributed by atoms with Crippen LogP contribution in [0.15, 0.2) is 14.3 Å². The highest BCUT2D eigenvalue weighted by Crippen LogP contribution is 2.33. The van der Waals surface area contributed by atoms with E-state index in [1.54, 1.807) is 0 Å². The fraction of sp³-hybridized carbons (Fsp3) is 0.583. The first kappa shape index (κ1) is 14.5. The second-order valence-electron chi connectivity index (χ2n) is 4.83. The third kappa shape index (κ3) is 3.35. The van der Waals surface area contributed by atoms with Gasteiger partial charge in [0.05, 0.1) is 8.66 Å². The van der Waals surface area contributed by atoms with Gasteiger partial charge >= 0.3 is 0 Å². The summed E-state index contributed by atoms with van der Waals surface area (Å²) in [4.78, 5) is 17.2. The lowest BCUT2D eigenvalue weighted by molar-refractivity contribution is 0.0779. The van der Waals surface area contributed by atoms with Crippen molar-refractivity contribution in [2.24, 2.45) is 5.92 Å². The number of nitrogens with zero attached hydrogens (tertiary/aromatic N) is 2. The van der Waals surface area contributed by atoms with Gasteiger partial charge in [-0.2, -0.15) is 0 Å². The summed E-state index contributed by atoms with van der Waals surface area (Å²) >= 11 is 8.32. The van der Waals surface area contributed by atoms with Crippen LogP contribution < -0.4 is 0 Å². The van der Waals surface area contributed by atoms with Crippen molar-refractivity contribution in [3.63, 3.8) is 0 Å². The van der Waals surface area contributed by atoms with Gasteiger partial charge in [-0.3, -0.25) is 4.79 Å². The highest BCUT2D eigenvalue weighted by molar-refractivity contribution is 9.13. The lowest BCUT2D eigenvalue weighted by atomic mass is 10.1. The Hall–Kier alpha value is 0.0900. The van der Waals surface area contributed by atoms with Crippen LogP contribution >= 0.6 is 43.2 Å². The zero-order valence-electron chi connectivity index (χ0n) is 10.4. The minimum atomic E-state index is 0.112. The Kier molecular flexibility index (Phi) is 4.86. The number of carbonyl (C=O) groups is 1. The topological polar surface area (TPSA) is 23.6 Å². The second-order valence-corrected chi connectivity index (χ2v) is 8.06. The van der Waals surface area contributed by atoms with Crippen LogP contribution in [0.5, 0.6) is 0 Å². The first-order chi connectivity index (χ1) is 8.47. The van der Waals surface area contributed by atoms with E-state index in [-0.39, 0.29) is 5.91 Å². The molecule has 2 rings (SSSR count). The quantitative estimate of drug-likeness (QED) is 0.783. The Balaban J connectivity index is 1.96. The van der Waals surface area contributed by atoms with E-state index in [4.69, 9.17) is 0 Å². The third-order valence-corrected chi connectivity index (χ3v) is 6.47. The van der Waals surface area contributed by atoms with Crippen LogP contribution in [0.1, 0.15) is 16.1 Å². The molecule has 1 saturated heterocycles. The Morgan fingerprint density at radius 1 is 1.61 bits per heavy atom. The molecule has 0 aromatic carbocycles. The summed E-state index contributed by atoms with van der Waals surface area (Å²) in [6.45, 7) is 3.08. The van der Waals surface area contributed by atoms with E-state index < -0.39 is 0 Å². The molecule has 2 heterocycles. The van der Waals surface area contributed by atoms with Crippen LogP contribution in [-0.2, 0) is 0 Å². The minimum Gasteiger partial charge on any atom is -0.341 e. The predicted octanol–water partition coefficient (Wildman–Crippen LogP) is 3.30. The van der Waals surface area contributed by atoms with Gasteiger partial charge in [0.1, 0.15) is 0 Å². The predicted molar refractivity (Wildman–Crippen MR) is 82.3 cm³/mol. The Morgan fingerprint density at radius 2 is 2.33 bits per heavy atom. The van der Waals surface area contributed by atoms with Crippen LogP contribution in [0, 0.1) is 5.92 Å². The average Bonchev–Trinajstić information content (AvgIpc) is 2.85. The molecule has 0 spiro atoms. The number of thiophene rings is 1. The van der Waals surface area contributed by atoms with E-state index in [2.05, 4.69) is 43.8 Å². The first-order valence-corrected chi connectivity index (χ1v) is 8.26. The Labute approximate surface area is 128 Å². The SMILES string of the molecule is CN1CCC(CN(C)C(=O)c2cc(Br)c(Br)s2)C1. The minimum absolute atomic E-state index is 0.112. The van der Waals surface area contributed by atoms with E-state index in [1.165, 1.54) is 17.8 Å². The van der Waals surface area contributed by atoms with Crippen molar-refractivity contribution in [1.29, 1.82) is 0 Å². The zero-order chi connectivity index (χ0) is 13.3. The second kappa shape index (κ2) is 6.03. The highest BCUT2D eigenvalue weighted by atomic mass is 79.9. The lowest BCUT2D eigenvalue weighted by Crippen LogP contribution is -2.32. The Bertz CT molecular complexity index is 430. The number of amides is 1. The summed E-state index contributed by atoms with van der Waals surface area (Å²) in [6.07, 6.45) is 1.19. The van der Waals surface area contributed by atoms with Crippen molar-refractivity contribution in [3.8, 4) is 0 Å². The molecule has 100 valence electrons. The molecule has 1 aliphatic rings. The van der Waals surface area contributed by atoms with Crippen molar-refractivity contribution < 1.29 is 4.79 Å². The van der Waals surface area contributed by atoms with Crippen molar-refractivity contribution >= 4 is 49.1 Å². The molecule has 1 aromatic rings. The average molecular weight is 396 g/mol. The maximum Gasteiger partial charge on any atom is 0.263 e. The molecule has 6 heteroatoms. The van der Waals surface area contributed by atoms with Crippen molar-refractivity contribution in [3.05, 3.63) is 19.2 Å². The molecule has 18 heavy (non-hydrogen) atoms. The van der Waals surface area contributed by atoms with Gasteiger partial charge in [-0.15, -0.1) is 11.3 Å². The normalized spacial score (nSPS) is 20.3. The van der Waals surface area contributed by atoms with E-state index in [1.807, 2.05) is 18.0 Å². The van der Waals surface area contributed by atoms with Gasteiger partial charge in [-0.25, -0.2) is 0 Å². The van der Waals surface area contributed by atoms with Crippen molar-refractivity contribution in [2.75, 3.05) is 33.7 Å². The molecule has 1 unspecified atom stereocenters. The van der Waals surface area contributed by atoms with Gasteiger partial charge in [-0.1, -0.05) is 0 Å². The summed E-state index contributed by atoms with van der Waals surface area (Å²) in [5, 5.41) is 0. The number of halogens is 2. The first-order valence-electron chi connectivity index (χ1n) is 5.86. The van der Waals surface area contributed by atoms with E-state index in [0.717, 1.165) is 32.8 Å². The van der Waals surface area contributed by atoms with E-state index in [0.29, 0.717) is 5.92 Å². The van der Waals surface area contributed by atoms with Gasteiger partial charge in [-0.05, 0) is 63.9 Å². The molecule has 0 bridgehead atoms. The number of carbonyl (C=O) groups excluding carboxylic acids is 1. The van der Waals surface area contributed by atoms with E-state index >= 15 is 0 Å². The summed E-state index contributed by atoms with van der Waals surface area (Å²) < 4.78 is 1.92. The lowest BCUT2D eigenvalue weighted by Gasteiger charge is -2.20. The fourth-order valence-electron chi connectivity index (χ4n) is 2.29. The van der Waals surface area contributed by atoms with Crippen LogP contribution in [-0.4, -0.2) is 49.4 Å². The summed E-state index contributed by atoms with van der Waals surface area (Å²) in [5.41, 5.74) is 0. The molecular formula is C12H16Br2N2OS. The molecular weight excluding hydrogens is 380 g/mol. The van der Waals surface area contributed by atoms with Crippen LogP contribution in [0.2, 0.25) is 0 Å². The molecule has 1 aromatic heterocycles. The van der Waals surface area contributed by atoms with Gasteiger partial charge in [0.25, 0.3) is 5.91 Å². The summed E-state index contributed by atoms with van der Waals surface area (Å²) in [5.74, 6) is 0.719. The maximum atomic E-state index is 12.3. The largest absolute Gasteiger partial charge is 0.341 e.